The van der Waals surface area contributed by atoms with Gasteiger partial charge < -0.3 is 10.0 Å². The van der Waals surface area contributed by atoms with Crippen LogP contribution in [0.15, 0.2) is 18.2 Å². The zero-order valence-corrected chi connectivity index (χ0v) is 13.0. The minimum absolute atomic E-state index is 0.246. The number of aryl methyl sites for hydroxylation is 1. The van der Waals surface area contributed by atoms with Gasteiger partial charge in [-0.3, -0.25) is 0 Å². The van der Waals surface area contributed by atoms with Crippen LogP contribution in [-0.4, -0.2) is 49.2 Å². The lowest BCUT2D eigenvalue weighted by molar-refractivity contribution is 0.0696. The van der Waals surface area contributed by atoms with Crippen LogP contribution in [0.3, 0.4) is 0 Å². The summed E-state index contributed by atoms with van der Waals surface area (Å²) in [6.07, 6.45) is 1.25. The average molecular weight is 315 g/mol. The van der Waals surface area contributed by atoms with E-state index in [4.69, 9.17) is 5.11 Å². The second-order valence-electron chi connectivity index (χ2n) is 4.86. The van der Waals surface area contributed by atoms with Crippen molar-refractivity contribution in [3.05, 3.63) is 29.3 Å². The highest BCUT2D eigenvalue weighted by Gasteiger charge is 2.31. The summed E-state index contributed by atoms with van der Waals surface area (Å²) in [5.74, 6) is 0.438. The van der Waals surface area contributed by atoms with Crippen LogP contribution >= 0.6 is 11.8 Å². The number of hydrogen-bond donors (Lipinski definition) is 1. The molecule has 0 bridgehead atoms. The molecule has 1 aliphatic heterocycles. The predicted octanol–water partition coefficient (Wildman–Crippen LogP) is 1.62. The highest BCUT2D eigenvalue weighted by Crippen LogP contribution is 2.28. The third-order valence-electron chi connectivity index (χ3n) is 3.35. The molecule has 1 heterocycles. The number of rotatable bonds is 3. The molecule has 1 aromatic rings. The summed E-state index contributed by atoms with van der Waals surface area (Å²) < 4.78 is 23.8. The van der Waals surface area contributed by atoms with Gasteiger partial charge in [-0.15, -0.1) is 0 Å². The van der Waals surface area contributed by atoms with Gasteiger partial charge in [0.2, 0.25) is 0 Å². The number of aromatic carboxylic acids is 1. The molecule has 1 unspecified atom stereocenters. The molecule has 1 aliphatic rings. The Morgan fingerprint density at radius 2 is 2.15 bits per heavy atom. The van der Waals surface area contributed by atoms with E-state index in [1.54, 1.807) is 30.8 Å². The fourth-order valence-electron chi connectivity index (χ4n) is 2.30. The number of sulfone groups is 1. The molecule has 1 N–H and O–H groups in total. The molecule has 0 amide bonds. The van der Waals surface area contributed by atoms with Crippen LogP contribution in [0.25, 0.3) is 0 Å². The highest BCUT2D eigenvalue weighted by molar-refractivity contribution is 8.01. The van der Waals surface area contributed by atoms with E-state index in [2.05, 4.69) is 0 Å². The number of carbonyl (C=O) groups is 1. The monoisotopic (exact) mass is 315 g/mol. The zero-order valence-electron chi connectivity index (χ0n) is 11.4. The van der Waals surface area contributed by atoms with E-state index in [9.17, 15) is 13.2 Å². The molecule has 0 spiro atoms. The topological polar surface area (TPSA) is 74.7 Å². The Labute approximate surface area is 122 Å². The molecule has 0 saturated carbocycles. The minimum atomic E-state index is -3.17. The van der Waals surface area contributed by atoms with Crippen molar-refractivity contribution in [3.63, 3.8) is 0 Å². The molecule has 7 heteroatoms. The van der Waals surface area contributed by atoms with Crippen LogP contribution in [0, 0.1) is 6.92 Å². The van der Waals surface area contributed by atoms with Crippen molar-refractivity contribution >= 4 is 33.3 Å². The van der Waals surface area contributed by atoms with Gasteiger partial charge in [-0.1, -0.05) is 0 Å². The maximum absolute atomic E-state index is 11.9. The van der Waals surface area contributed by atoms with Gasteiger partial charge in [-0.05, 0) is 30.7 Å². The zero-order chi connectivity index (χ0) is 14.9. The Kier molecular flexibility index (Phi) is 4.29. The first-order valence-corrected chi connectivity index (χ1v) is 9.29. The molecule has 0 radical (unpaired) electrons. The second kappa shape index (κ2) is 5.65. The van der Waals surface area contributed by atoms with Crippen LogP contribution in [0.2, 0.25) is 0 Å². The van der Waals surface area contributed by atoms with Gasteiger partial charge in [-0.25, -0.2) is 13.2 Å². The lowest BCUT2D eigenvalue weighted by Gasteiger charge is -2.36. The van der Waals surface area contributed by atoms with Crippen LogP contribution < -0.4 is 4.90 Å². The van der Waals surface area contributed by atoms with Crippen molar-refractivity contribution < 1.29 is 18.3 Å². The van der Waals surface area contributed by atoms with E-state index in [1.807, 2.05) is 4.90 Å². The van der Waals surface area contributed by atoms with Gasteiger partial charge in [0.05, 0.1) is 5.56 Å². The summed E-state index contributed by atoms with van der Waals surface area (Å²) in [6.45, 7) is 2.37. The number of thioether (sulfide) groups is 1. The normalized spacial score (nSPS) is 19.9. The van der Waals surface area contributed by atoms with E-state index < -0.39 is 21.2 Å². The molecule has 1 aromatic carbocycles. The summed E-state index contributed by atoms with van der Waals surface area (Å²) in [5, 5.41) is 8.49. The number of benzene rings is 1. The molecule has 1 atom stereocenters. The first kappa shape index (κ1) is 15.2. The van der Waals surface area contributed by atoms with Crippen LogP contribution in [-0.2, 0) is 9.84 Å². The van der Waals surface area contributed by atoms with Gasteiger partial charge in [0.15, 0.2) is 9.84 Å². The first-order chi connectivity index (χ1) is 9.30. The van der Waals surface area contributed by atoms with Crippen molar-refractivity contribution in [2.75, 3.05) is 29.2 Å². The molecule has 0 aromatic heterocycles. The minimum Gasteiger partial charge on any atom is -0.478 e. The number of hydrogen-bond acceptors (Lipinski definition) is 5. The lowest BCUT2D eigenvalue weighted by Crippen LogP contribution is -2.47. The van der Waals surface area contributed by atoms with Crippen LogP contribution in [0.5, 0.6) is 0 Å². The maximum Gasteiger partial charge on any atom is 0.335 e. The van der Waals surface area contributed by atoms with E-state index in [1.165, 1.54) is 12.3 Å². The largest absolute Gasteiger partial charge is 0.478 e. The predicted molar refractivity (Wildman–Crippen MR) is 81.4 cm³/mol. The van der Waals surface area contributed by atoms with Crippen molar-refractivity contribution in [2.24, 2.45) is 0 Å². The average Bonchev–Trinajstić information content (AvgIpc) is 2.37. The summed E-state index contributed by atoms with van der Waals surface area (Å²) in [5.41, 5.74) is 1.65. The van der Waals surface area contributed by atoms with Gasteiger partial charge in [0.1, 0.15) is 5.37 Å². The lowest BCUT2D eigenvalue weighted by atomic mass is 10.1. The first-order valence-electron chi connectivity index (χ1n) is 6.18. The molecular formula is C13H17NO4S2. The van der Waals surface area contributed by atoms with Crippen molar-refractivity contribution in [1.82, 2.24) is 0 Å². The van der Waals surface area contributed by atoms with Gasteiger partial charge in [0, 0.05) is 30.0 Å². The van der Waals surface area contributed by atoms with Gasteiger partial charge in [-0.2, -0.15) is 11.8 Å². The molecular weight excluding hydrogens is 298 g/mol. The molecule has 1 saturated heterocycles. The Balaban J connectivity index is 2.38. The fourth-order valence-corrected chi connectivity index (χ4v) is 5.14. The maximum atomic E-state index is 11.9. The number of nitrogens with zero attached hydrogens (tertiary/aromatic N) is 1. The third kappa shape index (κ3) is 3.09. The van der Waals surface area contributed by atoms with Crippen molar-refractivity contribution in [3.8, 4) is 0 Å². The van der Waals surface area contributed by atoms with E-state index >= 15 is 0 Å². The Hall–Kier alpha value is -1.21. The summed E-state index contributed by atoms with van der Waals surface area (Å²) >= 11 is 1.63. The van der Waals surface area contributed by atoms with E-state index in [0.29, 0.717) is 17.9 Å². The van der Waals surface area contributed by atoms with E-state index in [0.717, 1.165) is 11.4 Å². The Morgan fingerprint density at radius 1 is 1.45 bits per heavy atom. The third-order valence-corrected chi connectivity index (χ3v) is 5.99. The SMILES string of the molecule is Cc1cc(N2CCSCC2S(C)(=O)=O)ccc1C(=O)O. The second-order valence-corrected chi connectivity index (χ2v) is 8.21. The number of anilines is 1. The van der Waals surface area contributed by atoms with Gasteiger partial charge >= 0.3 is 5.97 Å². The highest BCUT2D eigenvalue weighted by atomic mass is 32.2. The molecule has 2 rings (SSSR count). The summed E-state index contributed by atoms with van der Waals surface area (Å²) in [7, 11) is -3.17. The Bertz CT molecular complexity index is 627. The van der Waals surface area contributed by atoms with Crippen molar-refractivity contribution in [1.29, 1.82) is 0 Å². The number of carboxylic acid groups (broad SMARTS) is 1. The van der Waals surface area contributed by atoms with Crippen molar-refractivity contribution in [2.45, 2.75) is 12.3 Å². The smallest absolute Gasteiger partial charge is 0.335 e. The van der Waals surface area contributed by atoms with E-state index in [-0.39, 0.29) is 5.56 Å². The summed E-state index contributed by atoms with van der Waals surface area (Å²) in [6, 6.07) is 4.97. The quantitative estimate of drug-likeness (QED) is 0.913. The molecule has 20 heavy (non-hydrogen) atoms. The van der Waals surface area contributed by atoms with Crippen LogP contribution in [0.4, 0.5) is 5.69 Å². The molecule has 1 fully saturated rings. The molecule has 5 nitrogen and oxygen atoms in total. The van der Waals surface area contributed by atoms with Gasteiger partial charge in [0.25, 0.3) is 0 Å². The number of carboxylic acids is 1. The summed E-state index contributed by atoms with van der Waals surface area (Å²) in [4.78, 5) is 12.9. The van der Waals surface area contributed by atoms with Crippen LogP contribution in [0.1, 0.15) is 15.9 Å². The fraction of sp³-hybridized carbons (Fsp3) is 0.462. The molecule has 0 aliphatic carbocycles. The molecule has 110 valence electrons. The standard InChI is InChI=1S/C13H17NO4S2/c1-9-7-10(3-4-11(9)13(15)16)14-5-6-19-8-12(14)20(2,17)18/h3-4,7,12H,5-6,8H2,1-2H3,(H,15,16). The Morgan fingerprint density at radius 3 is 2.70 bits per heavy atom.